The summed E-state index contributed by atoms with van der Waals surface area (Å²) in [6.45, 7) is 1.95. The zero-order valence-electron chi connectivity index (χ0n) is 15.3. The van der Waals surface area contributed by atoms with Gasteiger partial charge >= 0.3 is 0 Å². The van der Waals surface area contributed by atoms with Crippen LogP contribution in [0.4, 0.5) is 0 Å². The average Bonchev–Trinajstić information content (AvgIpc) is 2.74. The van der Waals surface area contributed by atoms with Crippen LogP contribution >= 0.6 is 11.6 Å². The molecule has 0 saturated heterocycles. The van der Waals surface area contributed by atoms with Gasteiger partial charge in [0, 0.05) is 28.4 Å². The zero-order valence-corrected chi connectivity index (χ0v) is 16.0. The number of fused-ring (bicyclic) bond motifs is 1. The number of amides is 1. The standard InChI is InChI=1S/C23H18ClN3O/c1-15(16-7-9-18(24)10-8-16)26-23(28)19-13-22(17-5-3-2-4-6-17)27-21-11-12-25-14-20(19)21/h2-15H,1H3,(H,26,28). The summed E-state index contributed by atoms with van der Waals surface area (Å²) in [5.74, 6) is -0.167. The van der Waals surface area contributed by atoms with Crippen molar-refractivity contribution in [2.45, 2.75) is 13.0 Å². The average molecular weight is 388 g/mol. The molecule has 1 unspecified atom stereocenters. The minimum atomic E-state index is -0.167. The number of carbonyl (C=O) groups excluding carboxylic acids is 1. The van der Waals surface area contributed by atoms with Crippen LogP contribution < -0.4 is 5.32 Å². The predicted octanol–water partition coefficient (Wildman–Crippen LogP) is 5.44. The lowest BCUT2D eigenvalue weighted by molar-refractivity contribution is 0.0941. The fourth-order valence-corrected chi connectivity index (χ4v) is 3.25. The molecule has 1 N–H and O–H groups in total. The van der Waals surface area contributed by atoms with Gasteiger partial charge in [0.2, 0.25) is 0 Å². The van der Waals surface area contributed by atoms with E-state index in [1.165, 1.54) is 0 Å². The van der Waals surface area contributed by atoms with Gasteiger partial charge < -0.3 is 5.32 Å². The molecule has 1 amide bonds. The second-order valence-corrected chi connectivity index (χ2v) is 7.00. The van der Waals surface area contributed by atoms with Crippen molar-refractivity contribution in [2.24, 2.45) is 0 Å². The van der Waals surface area contributed by atoms with Crippen LogP contribution in [0, 0.1) is 0 Å². The van der Waals surface area contributed by atoms with E-state index in [1.54, 1.807) is 12.4 Å². The Balaban J connectivity index is 1.72. The highest BCUT2D eigenvalue weighted by Gasteiger charge is 2.17. The van der Waals surface area contributed by atoms with E-state index in [-0.39, 0.29) is 11.9 Å². The summed E-state index contributed by atoms with van der Waals surface area (Å²) in [6, 6.07) is 20.8. The smallest absolute Gasteiger partial charge is 0.252 e. The summed E-state index contributed by atoms with van der Waals surface area (Å²) in [4.78, 5) is 22.0. The first-order valence-corrected chi connectivity index (χ1v) is 9.36. The number of hydrogen-bond donors (Lipinski definition) is 1. The summed E-state index contributed by atoms with van der Waals surface area (Å²) in [7, 11) is 0. The van der Waals surface area contributed by atoms with E-state index >= 15 is 0 Å². The molecule has 0 bridgehead atoms. The number of rotatable bonds is 4. The van der Waals surface area contributed by atoms with E-state index < -0.39 is 0 Å². The Morgan fingerprint density at radius 3 is 2.54 bits per heavy atom. The van der Waals surface area contributed by atoms with Crippen LogP contribution in [0.2, 0.25) is 5.02 Å². The molecular weight excluding hydrogens is 370 g/mol. The van der Waals surface area contributed by atoms with Gasteiger partial charge in [-0.25, -0.2) is 4.98 Å². The second kappa shape index (κ2) is 7.79. The second-order valence-electron chi connectivity index (χ2n) is 6.56. The molecule has 0 spiro atoms. The van der Waals surface area contributed by atoms with Crippen molar-refractivity contribution in [2.75, 3.05) is 0 Å². The summed E-state index contributed by atoms with van der Waals surface area (Å²) >= 11 is 5.96. The first-order valence-electron chi connectivity index (χ1n) is 8.98. The molecule has 0 aliphatic carbocycles. The number of halogens is 1. The Morgan fingerprint density at radius 1 is 1.04 bits per heavy atom. The van der Waals surface area contributed by atoms with E-state index in [4.69, 9.17) is 16.6 Å². The maximum Gasteiger partial charge on any atom is 0.252 e. The van der Waals surface area contributed by atoms with Gasteiger partial charge in [-0.1, -0.05) is 54.1 Å². The van der Waals surface area contributed by atoms with Crippen molar-refractivity contribution in [3.05, 3.63) is 95.3 Å². The lowest BCUT2D eigenvalue weighted by atomic mass is 10.0. The Hall–Kier alpha value is -3.24. The summed E-state index contributed by atoms with van der Waals surface area (Å²) in [6.07, 6.45) is 3.36. The van der Waals surface area contributed by atoms with Crippen molar-refractivity contribution in [1.82, 2.24) is 15.3 Å². The van der Waals surface area contributed by atoms with Crippen molar-refractivity contribution in [3.63, 3.8) is 0 Å². The molecule has 2 aromatic heterocycles. The van der Waals surface area contributed by atoms with Gasteiger partial charge in [-0.15, -0.1) is 0 Å². The molecule has 5 heteroatoms. The Labute approximate surface area is 168 Å². The summed E-state index contributed by atoms with van der Waals surface area (Å²) in [5, 5.41) is 4.46. The third kappa shape index (κ3) is 3.73. The molecular formula is C23H18ClN3O. The minimum absolute atomic E-state index is 0.162. The van der Waals surface area contributed by atoms with Gasteiger partial charge in [0.1, 0.15) is 0 Å². The van der Waals surface area contributed by atoms with Gasteiger partial charge in [-0.05, 0) is 36.8 Å². The van der Waals surface area contributed by atoms with Gasteiger partial charge in [-0.2, -0.15) is 0 Å². The topological polar surface area (TPSA) is 54.9 Å². The van der Waals surface area contributed by atoms with E-state index in [1.807, 2.05) is 73.7 Å². The quantitative estimate of drug-likeness (QED) is 0.507. The molecule has 0 fully saturated rings. The number of pyridine rings is 2. The van der Waals surface area contributed by atoms with Crippen molar-refractivity contribution in [3.8, 4) is 11.3 Å². The Bertz CT molecular complexity index is 1130. The number of benzene rings is 2. The van der Waals surface area contributed by atoms with Gasteiger partial charge in [0.25, 0.3) is 5.91 Å². The first kappa shape index (κ1) is 18.1. The van der Waals surface area contributed by atoms with Gasteiger partial charge in [-0.3, -0.25) is 9.78 Å². The van der Waals surface area contributed by atoms with Gasteiger partial charge in [0.15, 0.2) is 0 Å². The monoisotopic (exact) mass is 387 g/mol. The van der Waals surface area contributed by atoms with Crippen LogP contribution in [0.1, 0.15) is 28.9 Å². The fourth-order valence-electron chi connectivity index (χ4n) is 3.12. The molecule has 0 aliphatic heterocycles. The maximum absolute atomic E-state index is 13.1. The number of hydrogen-bond acceptors (Lipinski definition) is 3. The molecule has 4 nitrogen and oxygen atoms in total. The van der Waals surface area contributed by atoms with E-state index in [2.05, 4.69) is 10.3 Å². The van der Waals surface area contributed by atoms with Gasteiger partial charge in [0.05, 0.1) is 22.8 Å². The van der Waals surface area contributed by atoms with Crippen molar-refractivity contribution < 1.29 is 4.79 Å². The highest BCUT2D eigenvalue weighted by Crippen LogP contribution is 2.25. The van der Waals surface area contributed by atoms with Crippen molar-refractivity contribution >= 4 is 28.4 Å². The minimum Gasteiger partial charge on any atom is -0.345 e. The molecule has 138 valence electrons. The van der Waals surface area contributed by atoms with Crippen LogP contribution in [0.15, 0.2) is 79.1 Å². The number of nitrogens with zero attached hydrogens (tertiary/aromatic N) is 2. The number of aromatic nitrogens is 2. The molecule has 2 aromatic carbocycles. The van der Waals surface area contributed by atoms with Crippen LogP contribution in [0.25, 0.3) is 22.2 Å². The normalized spacial score (nSPS) is 11.9. The number of carbonyl (C=O) groups is 1. The SMILES string of the molecule is CC(NC(=O)c1cc(-c2ccccc2)nc2ccncc12)c1ccc(Cl)cc1. The van der Waals surface area contributed by atoms with E-state index in [0.717, 1.165) is 27.7 Å². The molecule has 4 aromatic rings. The number of nitrogens with one attached hydrogen (secondary N) is 1. The highest BCUT2D eigenvalue weighted by molar-refractivity contribution is 6.30. The van der Waals surface area contributed by atoms with Crippen LogP contribution in [0.3, 0.4) is 0 Å². The third-order valence-corrected chi connectivity index (χ3v) is 4.89. The van der Waals surface area contributed by atoms with Crippen LogP contribution in [-0.2, 0) is 0 Å². The Morgan fingerprint density at radius 2 is 1.79 bits per heavy atom. The predicted molar refractivity (Wildman–Crippen MR) is 112 cm³/mol. The lowest BCUT2D eigenvalue weighted by Crippen LogP contribution is -2.27. The molecule has 4 rings (SSSR count). The van der Waals surface area contributed by atoms with E-state index in [9.17, 15) is 4.79 Å². The Kier molecular flexibility index (Phi) is 5.04. The van der Waals surface area contributed by atoms with Crippen LogP contribution in [-0.4, -0.2) is 15.9 Å². The molecule has 0 radical (unpaired) electrons. The summed E-state index contributed by atoms with van der Waals surface area (Å²) in [5.41, 5.74) is 3.99. The maximum atomic E-state index is 13.1. The molecule has 2 heterocycles. The zero-order chi connectivity index (χ0) is 19.5. The molecule has 0 aliphatic rings. The molecule has 1 atom stereocenters. The first-order chi connectivity index (χ1) is 13.6. The third-order valence-electron chi connectivity index (χ3n) is 4.64. The summed E-state index contributed by atoms with van der Waals surface area (Å²) < 4.78 is 0. The highest BCUT2D eigenvalue weighted by atomic mass is 35.5. The molecule has 0 saturated carbocycles. The van der Waals surface area contributed by atoms with Crippen molar-refractivity contribution in [1.29, 1.82) is 0 Å². The lowest BCUT2D eigenvalue weighted by Gasteiger charge is -2.16. The largest absolute Gasteiger partial charge is 0.345 e. The van der Waals surface area contributed by atoms with E-state index in [0.29, 0.717) is 10.6 Å². The fraction of sp³-hybridized carbons (Fsp3) is 0.0870. The molecule has 28 heavy (non-hydrogen) atoms. The van der Waals surface area contributed by atoms with Crippen LogP contribution in [0.5, 0.6) is 0 Å².